The number of fused-ring (bicyclic) bond motifs is 3. The van der Waals surface area contributed by atoms with Gasteiger partial charge in [0, 0.05) is 36.9 Å². The number of hydrogen-bond donors (Lipinski definition) is 3. The molecule has 1 fully saturated rings. The highest BCUT2D eigenvalue weighted by Gasteiger charge is 2.33. The zero-order chi connectivity index (χ0) is 34.3. The van der Waals surface area contributed by atoms with E-state index in [1.807, 2.05) is 19.1 Å². The van der Waals surface area contributed by atoms with Crippen molar-refractivity contribution < 1.29 is 23.3 Å². The summed E-state index contributed by atoms with van der Waals surface area (Å²) in [5, 5.41) is 11.5. The van der Waals surface area contributed by atoms with E-state index in [0.29, 0.717) is 30.7 Å². The second-order valence-corrected chi connectivity index (χ2v) is 15.7. The Morgan fingerprint density at radius 1 is 1.08 bits per heavy atom. The second kappa shape index (κ2) is 16.2. The van der Waals surface area contributed by atoms with Gasteiger partial charge in [0.05, 0.1) is 25.2 Å². The van der Waals surface area contributed by atoms with Crippen LogP contribution in [0.25, 0.3) is 0 Å². The molecule has 1 saturated carbocycles. The van der Waals surface area contributed by atoms with Crippen molar-refractivity contribution in [2.75, 3.05) is 38.0 Å². The molecular weight excluding hydrogens is 650 g/mol. The van der Waals surface area contributed by atoms with Crippen LogP contribution in [0, 0.1) is 23.2 Å². The Morgan fingerprint density at radius 2 is 1.88 bits per heavy atom. The van der Waals surface area contributed by atoms with E-state index in [1.165, 1.54) is 37.3 Å². The minimum absolute atomic E-state index is 0.00318. The van der Waals surface area contributed by atoms with E-state index >= 15 is 0 Å². The summed E-state index contributed by atoms with van der Waals surface area (Å²) in [6.45, 7) is 3.98. The number of nitrogens with one attached hydrogen (secondary N) is 3. The van der Waals surface area contributed by atoms with Gasteiger partial charge >= 0.3 is 0 Å². The lowest BCUT2D eigenvalue weighted by Gasteiger charge is -2.41. The van der Waals surface area contributed by atoms with Crippen LogP contribution in [-0.4, -0.2) is 55.0 Å². The van der Waals surface area contributed by atoms with Crippen LogP contribution in [0.2, 0.25) is 5.02 Å². The van der Waals surface area contributed by atoms with Gasteiger partial charge < -0.3 is 19.7 Å². The molecule has 1 unspecified atom stereocenters. The molecule has 2 aromatic rings. The Kier molecular flexibility index (Phi) is 12.1. The largest absolute Gasteiger partial charge is 0.491 e. The van der Waals surface area contributed by atoms with E-state index in [0.717, 1.165) is 62.2 Å². The molecule has 5 rings (SSSR count). The molecule has 0 radical (unpaired) electrons. The number of rotatable bonds is 4. The molecule has 3 N–H and O–H groups in total. The number of methoxy groups -OCH3 is 1. The van der Waals surface area contributed by atoms with Crippen molar-refractivity contribution in [3.63, 3.8) is 0 Å². The summed E-state index contributed by atoms with van der Waals surface area (Å²) in [5.41, 5.74) is 3.33. The topological polar surface area (TPSA) is 133 Å². The van der Waals surface area contributed by atoms with Crippen molar-refractivity contribution in [3.05, 3.63) is 69.9 Å². The Balaban J connectivity index is 1.59. The molecule has 2 heterocycles. The van der Waals surface area contributed by atoms with Crippen LogP contribution in [0.5, 0.6) is 5.75 Å². The molecular formula is C36H48ClN5O5S. The maximum Gasteiger partial charge on any atom is 0.286 e. The number of hydrogen-bond acceptors (Lipinski definition) is 8. The summed E-state index contributed by atoms with van der Waals surface area (Å²) in [4.78, 5) is 29.6. The number of halogens is 1. The third-order valence-electron chi connectivity index (χ3n) is 9.70. The Labute approximate surface area is 289 Å². The Bertz CT molecular complexity index is 1670. The van der Waals surface area contributed by atoms with E-state index in [2.05, 4.69) is 31.4 Å². The molecule has 2 aliphatic heterocycles. The average molecular weight is 698 g/mol. The first-order valence-corrected chi connectivity index (χ1v) is 19.1. The van der Waals surface area contributed by atoms with Crippen molar-refractivity contribution in [2.45, 2.75) is 71.3 Å². The number of aryl methyl sites for hydroxylation is 1. The van der Waals surface area contributed by atoms with Crippen LogP contribution in [0.15, 0.2) is 52.5 Å². The van der Waals surface area contributed by atoms with Crippen molar-refractivity contribution in [3.8, 4) is 5.75 Å². The molecule has 2 amide bonds. The lowest BCUT2D eigenvalue weighted by molar-refractivity contribution is -0.115. The Morgan fingerprint density at radius 3 is 2.62 bits per heavy atom. The summed E-state index contributed by atoms with van der Waals surface area (Å²) >= 11 is 6.44. The Hall–Kier alpha value is -3.57. The van der Waals surface area contributed by atoms with Gasteiger partial charge in [-0.2, -0.15) is 0 Å². The van der Waals surface area contributed by atoms with Gasteiger partial charge in [-0.25, -0.2) is 4.21 Å². The van der Waals surface area contributed by atoms with Crippen LogP contribution >= 0.6 is 11.6 Å². The summed E-state index contributed by atoms with van der Waals surface area (Å²) in [5.74, 6) is -0.110. The predicted octanol–water partition coefficient (Wildman–Crippen LogP) is 6.66. The quantitative estimate of drug-likeness (QED) is 0.185. The summed E-state index contributed by atoms with van der Waals surface area (Å²) in [7, 11) is -0.729. The average Bonchev–Trinajstić information content (AvgIpc) is 3.07. The number of nitrogens with zero attached hydrogens (tertiary/aromatic N) is 2. The number of carbonyl (C=O) groups is 2. The lowest BCUT2D eigenvalue weighted by Crippen LogP contribution is -2.39. The van der Waals surface area contributed by atoms with Gasteiger partial charge in [0.1, 0.15) is 21.2 Å². The molecule has 12 heteroatoms. The first-order valence-electron chi connectivity index (χ1n) is 17.0. The van der Waals surface area contributed by atoms with Crippen LogP contribution in [0.3, 0.4) is 0 Å². The molecule has 2 bridgehead atoms. The second-order valence-electron chi connectivity index (χ2n) is 13.3. The van der Waals surface area contributed by atoms with Crippen LogP contribution < -0.4 is 19.7 Å². The zero-order valence-electron chi connectivity index (χ0n) is 28.2. The number of ether oxygens (including phenoxy) is 2. The zero-order valence-corrected chi connectivity index (χ0v) is 29.8. The molecule has 0 spiro atoms. The summed E-state index contributed by atoms with van der Waals surface area (Å²) in [6.07, 6.45) is 10.4. The molecule has 10 nitrogen and oxygen atoms in total. The predicted molar refractivity (Wildman–Crippen MR) is 191 cm³/mol. The van der Waals surface area contributed by atoms with Crippen LogP contribution in [-0.2, 0) is 32.4 Å². The number of amides is 2. The van der Waals surface area contributed by atoms with Gasteiger partial charge in [0.2, 0.25) is 5.90 Å². The van der Waals surface area contributed by atoms with Gasteiger partial charge in [-0.15, -0.1) is 4.36 Å². The first kappa shape index (κ1) is 35.7. The molecule has 0 saturated heterocycles. The highest BCUT2D eigenvalue weighted by molar-refractivity contribution is 7.92. The molecule has 4 atom stereocenters. The van der Waals surface area contributed by atoms with E-state index < -0.39 is 27.6 Å². The highest BCUT2D eigenvalue weighted by atomic mass is 35.5. The van der Waals surface area contributed by atoms with Crippen molar-refractivity contribution >= 4 is 44.9 Å². The van der Waals surface area contributed by atoms with Gasteiger partial charge in [-0.05, 0) is 97.7 Å². The van der Waals surface area contributed by atoms with Gasteiger partial charge in [-0.3, -0.25) is 19.7 Å². The summed E-state index contributed by atoms with van der Waals surface area (Å²) in [6, 6.07) is 11.4. The molecule has 0 aromatic heterocycles. The van der Waals surface area contributed by atoms with Crippen molar-refractivity contribution in [1.82, 2.24) is 10.0 Å². The number of anilines is 1. The number of carbonyl (C=O) groups excluding carboxylic acids is 2. The van der Waals surface area contributed by atoms with Crippen LogP contribution in [0.1, 0.15) is 79.8 Å². The third-order valence-corrected chi connectivity index (χ3v) is 11.9. The van der Waals surface area contributed by atoms with E-state index in [4.69, 9.17) is 26.5 Å². The van der Waals surface area contributed by atoms with Gasteiger partial charge in [0.15, 0.2) is 0 Å². The third kappa shape index (κ3) is 8.91. The molecule has 260 valence electrons. The van der Waals surface area contributed by atoms with E-state index in [9.17, 15) is 13.8 Å². The fourth-order valence-corrected chi connectivity index (χ4v) is 9.05. The van der Waals surface area contributed by atoms with E-state index in [1.54, 1.807) is 19.2 Å². The van der Waals surface area contributed by atoms with Crippen LogP contribution in [0.4, 0.5) is 5.69 Å². The fourth-order valence-electron chi connectivity index (χ4n) is 6.94. The standard InChI is InChI=1S/C36H48ClN5O5S/c1-24-8-4-5-9-25-11-12-28(25)21-42-22-29-13-15-30(37)18-26(29)10-6-7-17-47-33-16-14-27(19-32(33)42)35(43)40-48(45,23-24)41-36(44)31(20-39-2)34(38)46-3/h13-16,18-20,24-25,28,38-39H,4-12,17,21-23H2,1-3H3,(H,40,41,43,44,45)/b31-20+,38-34?/t24-,25+,28-,48?/m0/s1. The normalized spacial score (nSPS) is 25.4. The lowest BCUT2D eigenvalue weighted by atomic mass is 9.70. The monoisotopic (exact) mass is 697 g/mol. The maximum atomic E-state index is 14.4. The number of benzene rings is 2. The minimum Gasteiger partial charge on any atom is -0.491 e. The fraction of sp³-hybridized carbons (Fsp3) is 0.528. The molecule has 1 aliphatic carbocycles. The van der Waals surface area contributed by atoms with E-state index in [-0.39, 0.29) is 22.8 Å². The SMILES string of the molecule is CN/C=C(\C(=N)OC)C(=O)NS1(=O)=NC(=O)c2ccc3c(c2)N(Cc2ccc(Cl)cc2CCCCO3)C[C@@H]2CC[C@H]2CCCC[C@H](C)C1. The van der Waals surface area contributed by atoms with Gasteiger partial charge in [0.25, 0.3) is 11.8 Å². The summed E-state index contributed by atoms with van der Waals surface area (Å²) < 4.78 is 32.5. The van der Waals surface area contributed by atoms with Crippen molar-refractivity contribution in [1.29, 1.82) is 5.41 Å². The molecule has 2 aromatic carbocycles. The van der Waals surface area contributed by atoms with Crippen molar-refractivity contribution in [2.24, 2.45) is 22.1 Å². The molecule has 48 heavy (non-hydrogen) atoms. The first-order chi connectivity index (χ1) is 23.1. The molecule has 3 aliphatic rings. The van der Waals surface area contributed by atoms with Gasteiger partial charge in [-0.1, -0.05) is 43.9 Å². The highest BCUT2D eigenvalue weighted by Crippen LogP contribution is 2.42. The maximum absolute atomic E-state index is 14.4. The smallest absolute Gasteiger partial charge is 0.286 e. The minimum atomic E-state index is -3.59.